The molecule has 1 atom stereocenters. The quantitative estimate of drug-likeness (QED) is 0.735. The summed E-state index contributed by atoms with van der Waals surface area (Å²) in [5, 5.41) is 13.1. The van der Waals surface area contributed by atoms with Crippen molar-refractivity contribution in [2.45, 2.75) is 45.2 Å². The van der Waals surface area contributed by atoms with Crippen molar-refractivity contribution in [3.8, 4) is 0 Å². The molecule has 0 aromatic heterocycles. The molecule has 21 heavy (non-hydrogen) atoms. The van der Waals surface area contributed by atoms with E-state index in [2.05, 4.69) is 24.1 Å². The fourth-order valence-electron chi connectivity index (χ4n) is 2.30. The Bertz CT molecular complexity index is 434. The average molecular weight is 292 g/mol. The minimum absolute atomic E-state index is 0.401. The summed E-state index contributed by atoms with van der Waals surface area (Å²) in [4.78, 5) is 14.2. The molecule has 0 fully saturated rings. The summed E-state index contributed by atoms with van der Waals surface area (Å²) < 4.78 is 0. The highest BCUT2D eigenvalue weighted by Gasteiger charge is 2.39. The lowest BCUT2D eigenvalue weighted by atomic mass is 9.86. The Hall–Kier alpha value is -1.39. The summed E-state index contributed by atoms with van der Waals surface area (Å²) in [7, 11) is 2.03. The Morgan fingerprint density at radius 2 is 1.95 bits per heavy atom. The first-order valence-electron chi connectivity index (χ1n) is 7.68. The highest BCUT2D eigenvalue weighted by Crippen LogP contribution is 2.26. The minimum atomic E-state index is -1.01. The third-order valence-corrected chi connectivity index (χ3v) is 4.03. The largest absolute Gasteiger partial charge is 0.480 e. The second-order valence-corrected chi connectivity index (χ2v) is 5.83. The number of carboxylic acid groups (broad SMARTS) is 1. The number of aliphatic carboxylic acids is 1. The van der Waals surface area contributed by atoms with Crippen LogP contribution in [0.4, 0.5) is 0 Å². The van der Waals surface area contributed by atoms with Crippen molar-refractivity contribution in [3.63, 3.8) is 0 Å². The molecule has 0 aliphatic rings. The lowest BCUT2D eigenvalue weighted by Crippen LogP contribution is -2.51. The van der Waals surface area contributed by atoms with Crippen molar-refractivity contribution in [1.29, 1.82) is 0 Å². The van der Waals surface area contributed by atoms with Crippen molar-refractivity contribution >= 4 is 5.97 Å². The minimum Gasteiger partial charge on any atom is -0.480 e. The summed E-state index contributed by atoms with van der Waals surface area (Å²) in [6.45, 7) is 7.70. The number of hydrogen-bond donors (Lipinski definition) is 2. The van der Waals surface area contributed by atoms with Gasteiger partial charge in [0.1, 0.15) is 5.54 Å². The molecule has 0 aliphatic carbocycles. The molecule has 0 spiro atoms. The summed E-state index contributed by atoms with van der Waals surface area (Å²) in [6.07, 6.45) is 1.45. The molecule has 1 unspecified atom stereocenters. The summed E-state index contributed by atoms with van der Waals surface area (Å²) in [6, 6.07) is 9.90. The van der Waals surface area contributed by atoms with Crippen LogP contribution in [0, 0.1) is 0 Å². The van der Waals surface area contributed by atoms with E-state index in [-0.39, 0.29) is 0 Å². The van der Waals surface area contributed by atoms with E-state index in [1.165, 1.54) is 0 Å². The summed E-state index contributed by atoms with van der Waals surface area (Å²) in [5.41, 5.74) is -0.191. The molecule has 1 aromatic carbocycles. The van der Waals surface area contributed by atoms with Crippen LogP contribution in [-0.4, -0.2) is 42.2 Å². The first kappa shape index (κ1) is 17.7. The molecule has 2 N–H and O–H groups in total. The number of carbonyl (C=O) groups is 1. The van der Waals surface area contributed by atoms with Gasteiger partial charge in [-0.25, -0.2) is 4.79 Å². The monoisotopic (exact) mass is 292 g/mol. The van der Waals surface area contributed by atoms with Crippen LogP contribution in [0.25, 0.3) is 0 Å². The fourth-order valence-corrected chi connectivity index (χ4v) is 2.30. The van der Waals surface area contributed by atoms with Gasteiger partial charge in [0.25, 0.3) is 0 Å². The molecule has 118 valence electrons. The van der Waals surface area contributed by atoms with E-state index in [0.29, 0.717) is 19.0 Å². The van der Waals surface area contributed by atoms with Crippen molar-refractivity contribution in [2.24, 2.45) is 0 Å². The van der Waals surface area contributed by atoms with Gasteiger partial charge in [-0.05, 0) is 45.8 Å². The van der Waals surface area contributed by atoms with Crippen LogP contribution in [0.1, 0.15) is 39.2 Å². The second-order valence-electron chi connectivity index (χ2n) is 5.83. The van der Waals surface area contributed by atoms with Crippen LogP contribution in [0.15, 0.2) is 30.3 Å². The molecular formula is C17H28N2O2. The molecule has 0 saturated heterocycles. The second kappa shape index (κ2) is 8.15. The van der Waals surface area contributed by atoms with Crippen molar-refractivity contribution in [3.05, 3.63) is 35.9 Å². The van der Waals surface area contributed by atoms with E-state index in [0.717, 1.165) is 18.5 Å². The zero-order chi connectivity index (χ0) is 15.9. The average Bonchev–Trinajstić information content (AvgIpc) is 2.48. The fraction of sp³-hybridized carbons (Fsp3) is 0.588. The van der Waals surface area contributed by atoms with Gasteiger partial charge in [0, 0.05) is 12.6 Å². The molecule has 0 aliphatic heterocycles. The topological polar surface area (TPSA) is 52.6 Å². The maximum Gasteiger partial charge on any atom is 0.328 e. The van der Waals surface area contributed by atoms with Crippen molar-refractivity contribution < 1.29 is 9.90 Å². The number of nitrogens with one attached hydrogen (secondary N) is 1. The Balaban J connectivity index is 3.04. The Morgan fingerprint density at radius 1 is 1.33 bits per heavy atom. The Morgan fingerprint density at radius 3 is 2.43 bits per heavy atom. The lowest BCUT2D eigenvalue weighted by Gasteiger charge is -2.33. The van der Waals surface area contributed by atoms with E-state index in [1.54, 1.807) is 0 Å². The molecule has 1 aromatic rings. The number of hydrogen-bond acceptors (Lipinski definition) is 3. The molecule has 0 amide bonds. The van der Waals surface area contributed by atoms with Crippen LogP contribution in [0.2, 0.25) is 0 Å². The predicted octanol–water partition coefficient (Wildman–Crippen LogP) is 2.70. The Labute approximate surface area is 128 Å². The lowest BCUT2D eigenvalue weighted by molar-refractivity contribution is -0.146. The van der Waals surface area contributed by atoms with Gasteiger partial charge in [0.15, 0.2) is 0 Å². The summed E-state index contributed by atoms with van der Waals surface area (Å²) >= 11 is 0. The smallest absolute Gasteiger partial charge is 0.328 e. The van der Waals surface area contributed by atoms with Gasteiger partial charge in [-0.2, -0.15) is 0 Å². The molecule has 4 heteroatoms. The number of nitrogens with zero attached hydrogens (tertiary/aromatic N) is 1. The molecule has 4 nitrogen and oxygen atoms in total. The normalized spacial score (nSPS) is 14.4. The zero-order valence-corrected chi connectivity index (χ0v) is 13.6. The van der Waals surface area contributed by atoms with E-state index in [1.807, 2.05) is 44.3 Å². The standard InChI is InChI=1S/C17H28N2O2/c1-5-12-18-17(16(20)21,11-13-19(4)14(2)3)15-9-7-6-8-10-15/h6-10,14,18H,5,11-13H2,1-4H3,(H,20,21). The van der Waals surface area contributed by atoms with Gasteiger partial charge in [-0.3, -0.25) is 5.32 Å². The number of benzene rings is 1. The first-order chi connectivity index (χ1) is 9.94. The van der Waals surface area contributed by atoms with Crippen LogP contribution in [0.3, 0.4) is 0 Å². The van der Waals surface area contributed by atoms with Gasteiger partial charge < -0.3 is 10.0 Å². The summed E-state index contributed by atoms with van der Waals surface area (Å²) in [5.74, 6) is -0.806. The zero-order valence-electron chi connectivity index (χ0n) is 13.6. The predicted molar refractivity (Wildman–Crippen MR) is 86.4 cm³/mol. The van der Waals surface area contributed by atoms with Crippen molar-refractivity contribution in [1.82, 2.24) is 10.2 Å². The van der Waals surface area contributed by atoms with Gasteiger partial charge in [0.05, 0.1) is 0 Å². The van der Waals surface area contributed by atoms with Crippen LogP contribution in [-0.2, 0) is 10.3 Å². The molecule has 0 radical (unpaired) electrons. The Kier molecular flexibility index (Phi) is 6.85. The van der Waals surface area contributed by atoms with Crippen molar-refractivity contribution in [2.75, 3.05) is 20.1 Å². The molecule has 0 saturated carbocycles. The van der Waals surface area contributed by atoms with Gasteiger partial charge in [-0.15, -0.1) is 0 Å². The van der Waals surface area contributed by atoms with Crippen LogP contribution in [0.5, 0.6) is 0 Å². The van der Waals surface area contributed by atoms with Gasteiger partial charge in [0.2, 0.25) is 0 Å². The highest BCUT2D eigenvalue weighted by atomic mass is 16.4. The van der Waals surface area contributed by atoms with E-state index < -0.39 is 11.5 Å². The molecule has 0 bridgehead atoms. The highest BCUT2D eigenvalue weighted by molar-refractivity contribution is 5.80. The SMILES string of the molecule is CCCNC(CCN(C)C(C)C)(C(=O)O)c1ccccc1. The number of rotatable bonds is 9. The third kappa shape index (κ3) is 4.55. The van der Waals surface area contributed by atoms with Crippen LogP contribution >= 0.6 is 0 Å². The number of carboxylic acids is 1. The maximum absolute atomic E-state index is 12.0. The first-order valence-corrected chi connectivity index (χ1v) is 7.68. The van der Waals surface area contributed by atoms with E-state index in [9.17, 15) is 9.90 Å². The van der Waals surface area contributed by atoms with E-state index >= 15 is 0 Å². The maximum atomic E-state index is 12.0. The molecule has 1 rings (SSSR count). The molecule has 0 heterocycles. The van der Waals surface area contributed by atoms with Crippen LogP contribution < -0.4 is 5.32 Å². The molecular weight excluding hydrogens is 264 g/mol. The van der Waals surface area contributed by atoms with E-state index in [4.69, 9.17) is 0 Å². The third-order valence-electron chi connectivity index (χ3n) is 4.03. The van der Waals surface area contributed by atoms with Gasteiger partial charge >= 0.3 is 5.97 Å². The van der Waals surface area contributed by atoms with Gasteiger partial charge in [-0.1, -0.05) is 37.3 Å².